The van der Waals surface area contributed by atoms with E-state index in [1.54, 1.807) is 24.4 Å². The highest BCUT2D eigenvalue weighted by molar-refractivity contribution is 7.89. The summed E-state index contributed by atoms with van der Waals surface area (Å²) >= 11 is 0. The molecule has 1 aromatic heterocycles. The Kier molecular flexibility index (Phi) is 5.84. The monoisotopic (exact) mass is 333 g/mol. The minimum atomic E-state index is -3.49. The van der Waals surface area contributed by atoms with Crippen molar-refractivity contribution in [3.05, 3.63) is 60.3 Å². The lowest BCUT2D eigenvalue weighted by Gasteiger charge is -2.17. The topological polar surface area (TPSA) is 79.4 Å². The van der Waals surface area contributed by atoms with Gasteiger partial charge in [0.1, 0.15) is 5.82 Å². The Hall–Kier alpha value is -2.25. The van der Waals surface area contributed by atoms with Gasteiger partial charge >= 0.3 is 0 Å². The molecule has 1 N–H and O–H groups in total. The molecule has 0 saturated heterocycles. The van der Waals surface area contributed by atoms with Crippen LogP contribution in [-0.2, 0) is 21.4 Å². The van der Waals surface area contributed by atoms with E-state index in [4.69, 9.17) is 0 Å². The zero-order valence-corrected chi connectivity index (χ0v) is 13.7. The van der Waals surface area contributed by atoms with Crippen LogP contribution in [0.2, 0.25) is 0 Å². The number of anilines is 1. The first kappa shape index (κ1) is 17.1. The first-order valence-electron chi connectivity index (χ1n) is 7.16. The van der Waals surface area contributed by atoms with Gasteiger partial charge in [-0.3, -0.25) is 4.79 Å². The minimum Gasteiger partial charge on any atom is -0.311 e. The molecule has 0 fully saturated rings. The summed E-state index contributed by atoms with van der Waals surface area (Å²) < 4.78 is 25.7. The third-order valence-corrected chi connectivity index (χ3v) is 5.04. The lowest BCUT2D eigenvalue weighted by molar-refractivity contribution is -0.115. The van der Waals surface area contributed by atoms with E-state index in [1.807, 2.05) is 30.3 Å². The third kappa shape index (κ3) is 5.46. The van der Waals surface area contributed by atoms with E-state index < -0.39 is 10.0 Å². The maximum Gasteiger partial charge on any atom is 0.226 e. The summed E-state index contributed by atoms with van der Waals surface area (Å²) in [4.78, 5) is 15.8. The lowest BCUT2D eigenvalue weighted by atomic mass is 10.2. The summed E-state index contributed by atoms with van der Waals surface area (Å²) in [5, 5.41) is 2.57. The van der Waals surface area contributed by atoms with E-state index in [9.17, 15) is 13.2 Å². The molecule has 2 rings (SSSR count). The Bertz CT molecular complexity index is 734. The van der Waals surface area contributed by atoms with Gasteiger partial charge in [-0.15, -0.1) is 0 Å². The Morgan fingerprint density at radius 2 is 1.83 bits per heavy atom. The molecule has 122 valence electrons. The number of sulfonamides is 1. The van der Waals surface area contributed by atoms with Crippen molar-refractivity contribution >= 4 is 21.7 Å². The molecule has 0 saturated carbocycles. The number of carbonyl (C=O) groups excluding carboxylic acids is 1. The van der Waals surface area contributed by atoms with Gasteiger partial charge in [-0.05, 0) is 17.7 Å². The van der Waals surface area contributed by atoms with Crippen LogP contribution in [-0.4, -0.2) is 36.4 Å². The average molecular weight is 333 g/mol. The highest BCUT2D eigenvalue weighted by Gasteiger charge is 2.19. The van der Waals surface area contributed by atoms with Crippen molar-refractivity contribution in [2.45, 2.75) is 13.0 Å². The van der Waals surface area contributed by atoms with Crippen LogP contribution in [0.25, 0.3) is 0 Å². The largest absolute Gasteiger partial charge is 0.311 e. The van der Waals surface area contributed by atoms with Crippen LogP contribution in [0.4, 0.5) is 5.82 Å². The molecule has 1 heterocycles. The molecule has 2 aromatic rings. The molecule has 0 aliphatic rings. The highest BCUT2D eigenvalue weighted by atomic mass is 32.2. The molecule has 1 amide bonds. The standard InChI is InChI=1S/C16H19N3O3S/c1-19(13-14-7-3-2-4-8-14)23(21,22)12-10-16(20)18-15-9-5-6-11-17-15/h2-9,11H,10,12-13H2,1H3,(H,17,18,20). The van der Waals surface area contributed by atoms with Crippen LogP contribution < -0.4 is 5.32 Å². The Labute approximate surface area is 136 Å². The minimum absolute atomic E-state index is 0.113. The molecule has 6 nitrogen and oxygen atoms in total. The highest BCUT2D eigenvalue weighted by Crippen LogP contribution is 2.09. The van der Waals surface area contributed by atoms with Crippen molar-refractivity contribution in [1.82, 2.24) is 9.29 Å². The summed E-state index contributed by atoms with van der Waals surface area (Å²) in [5.74, 6) is -0.206. The summed E-state index contributed by atoms with van der Waals surface area (Å²) in [6.45, 7) is 0.283. The Balaban J connectivity index is 1.87. The van der Waals surface area contributed by atoms with Gasteiger partial charge in [0, 0.05) is 26.2 Å². The van der Waals surface area contributed by atoms with Crippen LogP contribution in [0, 0.1) is 0 Å². The molecule has 7 heteroatoms. The molecule has 1 aromatic carbocycles. The predicted molar refractivity (Wildman–Crippen MR) is 89.2 cm³/mol. The molecule has 0 aliphatic carbocycles. The number of rotatable bonds is 7. The molecule has 0 unspecified atom stereocenters. The fraction of sp³-hybridized carbons (Fsp3) is 0.250. The molecular weight excluding hydrogens is 314 g/mol. The first-order chi connectivity index (χ1) is 11.0. The van der Waals surface area contributed by atoms with Gasteiger partial charge in [0.15, 0.2) is 0 Å². The number of carbonyl (C=O) groups is 1. The zero-order valence-electron chi connectivity index (χ0n) is 12.8. The summed E-state index contributed by atoms with van der Waals surface area (Å²) in [5.41, 5.74) is 0.900. The smallest absolute Gasteiger partial charge is 0.226 e. The van der Waals surface area contributed by atoms with Crippen molar-refractivity contribution in [1.29, 1.82) is 0 Å². The number of amides is 1. The molecule has 0 atom stereocenters. The molecule has 0 bridgehead atoms. The maximum absolute atomic E-state index is 12.2. The molecule has 0 aliphatic heterocycles. The summed E-state index contributed by atoms with van der Waals surface area (Å²) in [7, 11) is -1.98. The van der Waals surface area contributed by atoms with Crippen molar-refractivity contribution in [2.24, 2.45) is 0 Å². The van der Waals surface area contributed by atoms with Crippen molar-refractivity contribution < 1.29 is 13.2 Å². The van der Waals surface area contributed by atoms with E-state index >= 15 is 0 Å². The van der Waals surface area contributed by atoms with Crippen LogP contribution in [0.15, 0.2) is 54.7 Å². The Morgan fingerprint density at radius 1 is 1.13 bits per heavy atom. The van der Waals surface area contributed by atoms with Crippen LogP contribution in [0.3, 0.4) is 0 Å². The van der Waals surface area contributed by atoms with E-state index in [-0.39, 0.29) is 24.6 Å². The van der Waals surface area contributed by atoms with E-state index in [0.717, 1.165) is 5.56 Å². The van der Waals surface area contributed by atoms with E-state index in [1.165, 1.54) is 11.4 Å². The van der Waals surface area contributed by atoms with Crippen LogP contribution in [0.5, 0.6) is 0 Å². The number of benzene rings is 1. The number of nitrogens with one attached hydrogen (secondary N) is 1. The van der Waals surface area contributed by atoms with Gasteiger partial charge in [0.2, 0.25) is 15.9 Å². The first-order valence-corrected chi connectivity index (χ1v) is 8.77. The number of aromatic nitrogens is 1. The number of pyridine rings is 1. The molecule has 23 heavy (non-hydrogen) atoms. The van der Waals surface area contributed by atoms with Crippen LogP contribution >= 0.6 is 0 Å². The number of nitrogens with zero attached hydrogens (tertiary/aromatic N) is 2. The summed E-state index contributed by atoms with van der Waals surface area (Å²) in [6, 6.07) is 14.4. The second-order valence-electron chi connectivity index (χ2n) is 5.07. The van der Waals surface area contributed by atoms with Crippen molar-refractivity contribution in [3.63, 3.8) is 0 Å². The fourth-order valence-electron chi connectivity index (χ4n) is 1.96. The van der Waals surface area contributed by atoms with Gasteiger partial charge in [-0.1, -0.05) is 36.4 Å². The van der Waals surface area contributed by atoms with Gasteiger partial charge in [0.25, 0.3) is 0 Å². The van der Waals surface area contributed by atoms with Gasteiger partial charge in [-0.25, -0.2) is 17.7 Å². The zero-order chi connectivity index (χ0) is 16.7. The van der Waals surface area contributed by atoms with Crippen LogP contribution in [0.1, 0.15) is 12.0 Å². The average Bonchev–Trinajstić information content (AvgIpc) is 2.55. The van der Waals surface area contributed by atoms with E-state index in [0.29, 0.717) is 5.82 Å². The molecular formula is C16H19N3O3S. The van der Waals surface area contributed by atoms with Gasteiger partial charge in [-0.2, -0.15) is 0 Å². The molecule has 0 spiro atoms. The van der Waals surface area contributed by atoms with Crippen molar-refractivity contribution in [3.8, 4) is 0 Å². The predicted octanol–water partition coefficient (Wildman–Crippen LogP) is 1.87. The fourth-order valence-corrected chi connectivity index (χ4v) is 3.06. The Morgan fingerprint density at radius 3 is 2.48 bits per heavy atom. The summed E-state index contributed by atoms with van der Waals surface area (Å²) in [6.07, 6.45) is 1.44. The second kappa shape index (κ2) is 7.85. The quantitative estimate of drug-likeness (QED) is 0.839. The van der Waals surface area contributed by atoms with Gasteiger partial charge in [0.05, 0.1) is 5.75 Å². The second-order valence-corrected chi connectivity index (χ2v) is 7.27. The third-order valence-electron chi connectivity index (χ3n) is 3.24. The molecule has 0 radical (unpaired) electrons. The lowest BCUT2D eigenvalue weighted by Crippen LogP contribution is -2.30. The number of hydrogen-bond donors (Lipinski definition) is 1. The number of hydrogen-bond acceptors (Lipinski definition) is 4. The SMILES string of the molecule is CN(Cc1ccccc1)S(=O)(=O)CCC(=O)Nc1ccccn1. The van der Waals surface area contributed by atoms with E-state index in [2.05, 4.69) is 10.3 Å². The maximum atomic E-state index is 12.2. The van der Waals surface area contributed by atoms with Gasteiger partial charge < -0.3 is 5.32 Å². The van der Waals surface area contributed by atoms with Crippen molar-refractivity contribution in [2.75, 3.05) is 18.1 Å². The normalized spacial score (nSPS) is 11.4.